The average molecular weight is 411 g/mol. The van der Waals surface area contributed by atoms with Crippen LogP contribution in [0, 0.1) is 0 Å². The number of H-pyrrole nitrogens is 2. The lowest BCUT2D eigenvalue weighted by atomic mass is 10.1. The predicted octanol–water partition coefficient (Wildman–Crippen LogP) is 3.37. The number of nitrogens with one attached hydrogen (secondary N) is 4. The molecule has 0 atom stereocenters. The number of fused-ring (bicyclic) bond motifs is 2. The molecule has 27 heavy (non-hydrogen) atoms. The first-order valence-electron chi connectivity index (χ1n) is 8.81. The third-order valence-electron chi connectivity index (χ3n) is 4.58. The van der Waals surface area contributed by atoms with Crippen LogP contribution in [0.1, 0.15) is 47.3 Å². The number of aromatic nitrogens is 4. The van der Waals surface area contributed by atoms with Gasteiger partial charge in [0.25, 0.3) is 5.91 Å². The number of aromatic amines is 2. The largest absolute Gasteiger partial charge is 0.342 e. The van der Waals surface area contributed by atoms with Gasteiger partial charge in [0.1, 0.15) is 5.82 Å². The fourth-order valence-electron chi connectivity index (χ4n) is 3.21. The third-order valence-corrected chi connectivity index (χ3v) is 4.58. The van der Waals surface area contributed by atoms with Crippen molar-refractivity contribution in [2.75, 3.05) is 11.9 Å². The van der Waals surface area contributed by atoms with Gasteiger partial charge in [0.05, 0.1) is 11.0 Å². The van der Waals surface area contributed by atoms with E-state index >= 15 is 0 Å². The number of halogens is 2. The number of amides is 1. The molecule has 4 rings (SSSR count). The summed E-state index contributed by atoms with van der Waals surface area (Å²) >= 11 is 0. The van der Waals surface area contributed by atoms with Gasteiger partial charge in [-0.2, -0.15) is 5.10 Å². The number of imidazole rings is 1. The summed E-state index contributed by atoms with van der Waals surface area (Å²) in [6.45, 7) is 3.75. The zero-order valence-corrected chi connectivity index (χ0v) is 16.7. The number of hydrogen-bond acceptors (Lipinski definition) is 4. The van der Waals surface area contributed by atoms with Crippen molar-refractivity contribution in [2.24, 2.45) is 0 Å². The Balaban J connectivity index is 0.00000131. The summed E-state index contributed by atoms with van der Waals surface area (Å²) in [5, 5.41) is 13.4. The first kappa shape index (κ1) is 21.2. The van der Waals surface area contributed by atoms with Crippen LogP contribution in [-0.4, -0.2) is 32.6 Å². The van der Waals surface area contributed by atoms with E-state index in [4.69, 9.17) is 0 Å². The molecule has 2 aromatic heterocycles. The van der Waals surface area contributed by atoms with E-state index < -0.39 is 0 Å². The van der Waals surface area contributed by atoms with E-state index in [-0.39, 0.29) is 30.7 Å². The number of carbonyl (C=O) groups is 1. The third kappa shape index (κ3) is 4.43. The summed E-state index contributed by atoms with van der Waals surface area (Å²) in [7, 11) is 0. The molecule has 0 fully saturated rings. The number of hydrogen-bond donors (Lipinski definition) is 4. The Morgan fingerprint density at radius 1 is 1.30 bits per heavy atom. The maximum atomic E-state index is 12.6. The van der Waals surface area contributed by atoms with E-state index in [0.29, 0.717) is 12.2 Å². The lowest BCUT2D eigenvalue weighted by Gasteiger charge is -2.12. The van der Waals surface area contributed by atoms with Gasteiger partial charge in [-0.25, -0.2) is 4.98 Å². The van der Waals surface area contributed by atoms with E-state index in [0.717, 1.165) is 66.0 Å². The molecule has 9 heteroatoms. The number of rotatable bonds is 5. The Morgan fingerprint density at radius 2 is 2.15 bits per heavy atom. The molecule has 7 nitrogen and oxygen atoms in total. The number of nitrogens with zero attached hydrogens (tertiary/aromatic N) is 2. The summed E-state index contributed by atoms with van der Waals surface area (Å²) in [5.41, 5.74) is 5.08. The molecule has 1 amide bonds. The second-order valence-corrected chi connectivity index (χ2v) is 6.43. The summed E-state index contributed by atoms with van der Waals surface area (Å²) in [6, 6.07) is 5.73. The van der Waals surface area contributed by atoms with Crippen molar-refractivity contribution >= 4 is 47.4 Å². The second-order valence-electron chi connectivity index (χ2n) is 6.43. The molecule has 0 saturated heterocycles. The minimum atomic E-state index is -0.189. The van der Waals surface area contributed by atoms with Gasteiger partial charge in [-0.15, -0.1) is 24.8 Å². The van der Waals surface area contributed by atoms with Crippen molar-refractivity contribution in [3.8, 4) is 0 Å². The highest BCUT2D eigenvalue weighted by Gasteiger charge is 2.21. The van der Waals surface area contributed by atoms with Gasteiger partial charge in [0.15, 0.2) is 5.69 Å². The molecule has 0 aliphatic carbocycles. The van der Waals surface area contributed by atoms with Crippen molar-refractivity contribution in [1.82, 2.24) is 25.5 Å². The molecule has 146 valence electrons. The van der Waals surface area contributed by atoms with Gasteiger partial charge >= 0.3 is 0 Å². The highest BCUT2D eigenvalue weighted by atomic mass is 35.5. The van der Waals surface area contributed by atoms with Gasteiger partial charge in [-0.3, -0.25) is 9.89 Å². The lowest BCUT2D eigenvalue weighted by molar-refractivity contribution is 0.102. The molecular weight excluding hydrogens is 387 g/mol. The molecule has 3 heterocycles. The zero-order valence-electron chi connectivity index (χ0n) is 15.1. The SMILES string of the molecule is CCCCc1nc2ccc(NC(=O)c3n[nH]c4c3CNCC4)cc2[nH]1.Cl.Cl. The predicted molar refractivity (Wildman–Crippen MR) is 111 cm³/mol. The molecule has 0 bridgehead atoms. The van der Waals surface area contributed by atoms with Crippen LogP contribution in [0.3, 0.4) is 0 Å². The molecule has 4 N–H and O–H groups in total. The van der Waals surface area contributed by atoms with Crippen LogP contribution in [0.5, 0.6) is 0 Å². The van der Waals surface area contributed by atoms with Crippen LogP contribution in [0.4, 0.5) is 5.69 Å². The molecule has 1 aliphatic heterocycles. The van der Waals surface area contributed by atoms with Crippen molar-refractivity contribution in [1.29, 1.82) is 0 Å². The molecule has 3 aromatic rings. The van der Waals surface area contributed by atoms with E-state index in [1.807, 2.05) is 18.2 Å². The molecule has 0 spiro atoms. The average Bonchev–Trinajstić information content (AvgIpc) is 3.23. The second kappa shape index (κ2) is 9.21. The molecule has 1 aromatic carbocycles. The molecular formula is C18H24Cl2N6O. The van der Waals surface area contributed by atoms with E-state index in [1.165, 1.54) is 0 Å². The van der Waals surface area contributed by atoms with Crippen molar-refractivity contribution in [3.63, 3.8) is 0 Å². The molecule has 0 unspecified atom stereocenters. The first-order valence-corrected chi connectivity index (χ1v) is 8.81. The highest BCUT2D eigenvalue weighted by molar-refractivity contribution is 6.04. The van der Waals surface area contributed by atoms with Gasteiger partial charge in [-0.1, -0.05) is 13.3 Å². The quantitative estimate of drug-likeness (QED) is 0.517. The Kier molecular flexibility index (Phi) is 7.24. The summed E-state index contributed by atoms with van der Waals surface area (Å²) in [4.78, 5) is 20.5. The van der Waals surface area contributed by atoms with E-state index in [2.05, 4.69) is 37.7 Å². The first-order chi connectivity index (χ1) is 12.2. The molecule has 0 saturated carbocycles. The Bertz CT molecular complexity index is 920. The van der Waals surface area contributed by atoms with Crippen molar-refractivity contribution < 1.29 is 4.79 Å². The van der Waals surface area contributed by atoms with Crippen molar-refractivity contribution in [2.45, 2.75) is 39.2 Å². The number of unbranched alkanes of at least 4 members (excludes halogenated alkanes) is 1. The number of anilines is 1. The maximum absolute atomic E-state index is 12.6. The van der Waals surface area contributed by atoms with Gasteiger partial charge in [0.2, 0.25) is 0 Å². The number of aryl methyl sites for hydroxylation is 1. The van der Waals surface area contributed by atoms with E-state index in [9.17, 15) is 4.79 Å². The molecule has 0 radical (unpaired) electrons. The smallest absolute Gasteiger partial charge is 0.276 e. The van der Waals surface area contributed by atoms with Gasteiger partial charge < -0.3 is 15.6 Å². The van der Waals surface area contributed by atoms with Crippen LogP contribution < -0.4 is 10.6 Å². The Labute approximate surface area is 169 Å². The minimum absolute atomic E-state index is 0. The van der Waals surface area contributed by atoms with Crippen molar-refractivity contribution in [3.05, 3.63) is 41.0 Å². The van der Waals surface area contributed by atoms with Crippen LogP contribution in [-0.2, 0) is 19.4 Å². The van der Waals surface area contributed by atoms with Gasteiger partial charge in [0, 0.05) is 42.9 Å². The summed E-state index contributed by atoms with van der Waals surface area (Å²) in [5.74, 6) is 0.805. The summed E-state index contributed by atoms with van der Waals surface area (Å²) in [6.07, 6.45) is 4.07. The fraction of sp³-hybridized carbons (Fsp3) is 0.389. The summed E-state index contributed by atoms with van der Waals surface area (Å²) < 4.78 is 0. The highest BCUT2D eigenvalue weighted by Crippen LogP contribution is 2.20. The Morgan fingerprint density at radius 3 is 2.96 bits per heavy atom. The van der Waals surface area contributed by atoms with Crippen LogP contribution in [0.25, 0.3) is 11.0 Å². The topological polar surface area (TPSA) is 98.5 Å². The minimum Gasteiger partial charge on any atom is -0.342 e. The zero-order chi connectivity index (χ0) is 17.2. The normalized spacial score (nSPS) is 12.8. The maximum Gasteiger partial charge on any atom is 0.276 e. The van der Waals surface area contributed by atoms with Gasteiger partial charge in [-0.05, 0) is 24.6 Å². The standard InChI is InChI=1S/C18H22N6O.2ClH/c1-2-3-4-16-21-14-6-5-11(9-15(14)22-16)20-18(25)17-12-10-19-8-7-13(12)23-24-17;;/h5-6,9,19H,2-4,7-8,10H2,1H3,(H,20,25)(H,21,22)(H,23,24);2*1H. The number of carbonyl (C=O) groups excluding carboxylic acids is 1. The van der Waals surface area contributed by atoms with Crippen LogP contribution in [0.2, 0.25) is 0 Å². The fourth-order valence-corrected chi connectivity index (χ4v) is 3.21. The van der Waals surface area contributed by atoms with Crippen LogP contribution in [0.15, 0.2) is 18.2 Å². The monoisotopic (exact) mass is 410 g/mol. The Hall–Kier alpha value is -2.09. The van der Waals surface area contributed by atoms with E-state index in [1.54, 1.807) is 0 Å². The number of benzene rings is 1. The molecule has 1 aliphatic rings. The lowest BCUT2D eigenvalue weighted by Crippen LogP contribution is -2.25. The van der Waals surface area contributed by atoms with Crippen LogP contribution >= 0.6 is 24.8 Å².